The average Bonchev–Trinajstić information content (AvgIpc) is 2.62. The van der Waals surface area contributed by atoms with Crippen molar-refractivity contribution in [2.45, 2.75) is 0 Å². The zero-order chi connectivity index (χ0) is 18.4. The van der Waals surface area contributed by atoms with Gasteiger partial charge in [0.1, 0.15) is 0 Å². The molecule has 0 saturated carbocycles. The molecule has 1 N–H and O–H groups in total. The molecule has 0 aromatic heterocycles. The van der Waals surface area contributed by atoms with Gasteiger partial charge in [0, 0.05) is 28.3 Å². The molecular formula is C16H14ClN3O5. The number of hydrogen-bond acceptors (Lipinski definition) is 6. The third-order valence-corrected chi connectivity index (χ3v) is 3.55. The highest BCUT2D eigenvalue weighted by Gasteiger charge is 2.11. The van der Waals surface area contributed by atoms with E-state index in [9.17, 15) is 14.9 Å². The van der Waals surface area contributed by atoms with E-state index in [1.165, 1.54) is 44.7 Å². The second-order valence-electron chi connectivity index (χ2n) is 4.73. The van der Waals surface area contributed by atoms with Crippen molar-refractivity contribution < 1.29 is 19.2 Å². The summed E-state index contributed by atoms with van der Waals surface area (Å²) in [4.78, 5) is 22.3. The molecule has 0 aliphatic rings. The number of nitrogens with zero attached hydrogens (tertiary/aromatic N) is 2. The van der Waals surface area contributed by atoms with Crippen LogP contribution in [0.2, 0.25) is 5.02 Å². The van der Waals surface area contributed by atoms with Gasteiger partial charge in [0.2, 0.25) is 0 Å². The van der Waals surface area contributed by atoms with E-state index in [1.54, 1.807) is 12.1 Å². The van der Waals surface area contributed by atoms with E-state index in [4.69, 9.17) is 21.1 Å². The lowest BCUT2D eigenvalue weighted by Gasteiger charge is -2.08. The Morgan fingerprint density at radius 2 is 1.92 bits per heavy atom. The molecular weight excluding hydrogens is 350 g/mol. The molecule has 25 heavy (non-hydrogen) atoms. The summed E-state index contributed by atoms with van der Waals surface area (Å²) in [6, 6.07) is 8.57. The molecule has 0 atom stereocenters. The topological polar surface area (TPSA) is 103 Å². The highest BCUT2D eigenvalue weighted by atomic mass is 35.5. The van der Waals surface area contributed by atoms with Crippen LogP contribution >= 0.6 is 11.6 Å². The molecule has 9 heteroatoms. The fourth-order valence-electron chi connectivity index (χ4n) is 1.95. The molecule has 130 valence electrons. The van der Waals surface area contributed by atoms with Gasteiger partial charge in [-0.1, -0.05) is 11.6 Å². The average molecular weight is 364 g/mol. The first kappa shape index (κ1) is 18.2. The Kier molecular flexibility index (Phi) is 5.91. The largest absolute Gasteiger partial charge is 0.493 e. The maximum absolute atomic E-state index is 12.1. The van der Waals surface area contributed by atoms with Gasteiger partial charge >= 0.3 is 0 Å². The Morgan fingerprint density at radius 1 is 1.20 bits per heavy atom. The molecule has 0 aliphatic heterocycles. The van der Waals surface area contributed by atoms with Gasteiger partial charge in [-0.2, -0.15) is 5.10 Å². The van der Waals surface area contributed by atoms with Crippen LogP contribution < -0.4 is 14.9 Å². The number of non-ortho nitro benzene ring substituents is 1. The van der Waals surface area contributed by atoms with Crippen molar-refractivity contribution in [1.29, 1.82) is 0 Å². The van der Waals surface area contributed by atoms with E-state index in [1.807, 2.05) is 0 Å². The second-order valence-corrected chi connectivity index (χ2v) is 5.14. The quantitative estimate of drug-likeness (QED) is 0.482. The van der Waals surface area contributed by atoms with Crippen LogP contribution in [-0.2, 0) is 0 Å². The lowest BCUT2D eigenvalue weighted by Crippen LogP contribution is -2.17. The Bertz CT molecular complexity index is 839. The number of nitro benzene ring substituents is 1. The number of nitro groups is 1. The van der Waals surface area contributed by atoms with Gasteiger partial charge in [-0.25, -0.2) is 5.43 Å². The van der Waals surface area contributed by atoms with Crippen molar-refractivity contribution in [1.82, 2.24) is 5.43 Å². The van der Waals surface area contributed by atoms with Gasteiger partial charge < -0.3 is 9.47 Å². The molecule has 0 aliphatic carbocycles. The van der Waals surface area contributed by atoms with Crippen LogP contribution in [-0.4, -0.2) is 31.3 Å². The lowest BCUT2D eigenvalue weighted by atomic mass is 10.2. The number of carbonyl (C=O) groups is 1. The Morgan fingerprint density at radius 3 is 2.56 bits per heavy atom. The molecule has 0 radical (unpaired) electrons. The van der Waals surface area contributed by atoms with E-state index in [0.717, 1.165) is 0 Å². The van der Waals surface area contributed by atoms with Crippen LogP contribution in [0.4, 0.5) is 5.69 Å². The molecule has 0 fully saturated rings. The number of rotatable bonds is 6. The Hall–Kier alpha value is -3.13. The third-order valence-electron chi connectivity index (χ3n) is 3.21. The van der Waals surface area contributed by atoms with Crippen LogP contribution in [0.15, 0.2) is 41.5 Å². The molecule has 0 bridgehead atoms. The number of ether oxygens (including phenoxy) is 2. The standard InChI is InChI=1S/C16H14ClN3O5/c1-24-14-6-3-10(8-15(14)25-2)16(21)19-18-9-11-7-12(20(22)23)4-5-13(11)17/h3-9H,1-2H3,(H,19,21). The van der Waals surface area contributed by atoms with Gasteiger partial charge in [0.25, 0.3) is 11.6 Å². The van der Waals surface area contributed by atoms with Crippen molar-refractivity contribution in [2.24, 2.45) is 5.10 Å². The monoisotopic (exact) mass is 363 g/mol. The van der Waals surface area contributed by atoms with Gasteiger partial charge in [-0.05, 0) is 24.3 Å². The minimum atomic E-state index is -0.546. The van der Waals surface area contributed by atoms with Gasteiger partial charge in [-0.15, -0.1) is 0 Å². The molecule has 2 rings (SSSR count). The first-order valence-electron chi connectivity index (χ1n) is 6.95. The molecule has 2 aromatic carbocycles. The van der Waals surface area contributed by atoms with Gasteiger partial charge in [-0.3, -0.25) is 14.9 Å². The number of carbonyl (C=O) groups excluding carboxylic acids is 1. The van der Waals surface area contributed by atoms with E-state index in [2.05, 4.69) is 10.5 Å². The molecule has 0 heterocycles. The van der Waals surface area contributed by atoms with Crippen molar-refractivity contribution in [3.05, 3.63) is 62.7 Å². The predicted octanol–water partition coefficient (Wildman–Crippen LogP) is 3.03. The van der Waals surface area contributed by atoms with Gasteiger partial charge in [0.15, 0.2) is 11.5 Å². The second kappa shape index (κ2) is 8.11. The summed E-state index contributed by atoms with van der Waals surface area (Å²) in [5, 5.41) is 14.8. The van der Waals surface area contributed by atoms with E-state index < -0.39 is 10.8 Å². The molecule has 1 amide bonds. The summed E-state index contributed by atoms with van der Waals surface area (Å²) in [6.07, 6.45) is 1.23. The van der Waals surface area contributed by atoms with Crippen LogP contribution in [0.1, 0.15) is 15.9 Å². The van der Waals surface area contributed by atoms with E-state index >= 15 is 0 Å². The number of amides is 1. The van der Waals surface area contributed by atoms with Crippen LogP contribution in [0, 0.1) is 10.1 Å². The van der Waals surface area contributed by atoms with Crippen molar-refractivity contribution >= 4 is 29.4 Å². The lowest BCUT2D eigenvalue weighted by molar-refractivity contribution is -0.384. The first-order chi connectivity index (χ1) is 12.0. The summed E-state index contributed by atoms with van der Waals surface area (Å²) in [5.41, 5.74) is 2.80. The Labute approximate surface area is 148 Å². The van der Waals surface area contributed by atoms with Crippen molar-refractivity contribution in [3.63, 3.8) is 0 Å². The third kappa shape index (κ3) is 4.45. The summed E-state index contributed by atoms with van der Waals surface area (Å²) in [7, 11) is 2.95. The molecule has 8 nitrogen and oxygen atoms in total. The summed E-state index contributed by atoms with van der Waals surface area (Å²) < 4.78 is 10.2. The molecule has 2 aromatic rings. The maximum atomic E-state index is 12.1. The predicted molar refractivity (Wildman–Crippen MR) is 92.7 cm³/mol. The van der Waals surface area contributed by atoms with Crippen LogP contribution in [0.5, 0.6) is 11.5 Å². The number of nitrogens with one attached hydrogen (secondary N) is 1. The van der Waals surface area contributed by atoms with E-state index in [-0.39, 0.29) is 10.7 Å². The van der Waals surface area contributed by atoms with Crippen LogP contribution in [0.3, 0.4) is 0 Å². The number of halogens is 1. The normalized spacial score (nSPS) is 10.5. The highest BCUT2D eigenvalue weighted by molar-refractivity contribution is 6.33. The molecule has 0 saturated heterocycles. The van der Waals surface area contributed by atoms with Crippen molar-refractivity contribution in [2.75, 3.05) is 14.2 Å². The maximum Gasteiger partial charge on any atom is 0.271 e. The number of hydrogen-bond donors (Lipinski definition) is 1. The zero-order valence-electron chi connectivity index (χ0n) is 13.4. The first-order valence-corrected chi connectivity index (χ1v) is 7.33. The smallest absolute Gasteiger partial charge is 0.271 e. The molecule has 0 unspecified atom stereocenters. The van der Waals surface area contributed by atoms with Gasteiger partial charge in [0.05, 0.1) is 25.4 Å². The zero-order valence-corrected chi connectivity index (χ0v) is 14.1. The number of hydrazone groups is 1. The minimum Gasteiger partial charge on any atom is -0.493 e. The highest BCUT2D eigenvalue weighted by Crippen LogP contribution is 2.27. The number of methoxy groups -OCH3 is 2. The SMILES string of the molecule is COc1ccc(C(=O)NN=Cc2cc([N+](=O)[O-])ccc2Cl)cc1OC. The summed E-state index contributed by atoms with van der Waals surface area (Å²) in [5.74, 6) is 0.408. The summed E-state index contributed by atoms with van der Waals surface area (Å²) >= 11 is 5.95. The van der Waals surface area contributed by atoms with E-state index in [0.29, 0.717) is 22.6 Å². The van der Waals surface area contributed by atoms with Crippen LogP contribution in [0.25, 0.3) is 0 Å². The Balaban J connectivity index is 2.13. The number of benzene rings is 2. The fraction of sp³-hybridized carbons (Fsp3) is 0.125. The fourth-order valence-corrected chi connectivity index (χ4v) is 2.11. The molecule has 0 spiro atoms. The van der Waals surface area contributed by atoms with Crippen molar-refractivity contribution in [3.8, 4) is 11.5 Å². The summed E-state index contributed by atoms with van der Waals surface area (Å²) in [6.45, 7) is 0. The minimum absolute atomic E-state index is 0.128.